The van der Waals surface area contributed by atoms with Crippen molar-refractivity contribution < 1.29 is 32.9 Å². The minimum atomic E-state index is -1.31. The lowest BCUT2D eigenvalue weighted by atomic mass is 9.86. The van der Waals surface area contributed by atoms with E-state index in [-0.39, 0.29) is 30.1 Å². The molecule has 1 unspecified atom stereocenters. The van der Waals surface area contributed by atoms with E-state index in [1.807, 2.05) is 6.92 Å². The van der Waals surface area contributed by atoms with Gasteiger partial charge in [0.1, 0.15) is 23.3 Å². The van der Waals surface area contributed by atoms with Crippen LogP contribution in [0.15, 0.2) is 59.2 Å². The molecule has 1 saturated carbocycles. The largest absolute Gasteiger partial charge is 0.494 e. The van der Waals surface area contributed by atoms with E-state index < -0.39 is 11.4 Å². The monoisotopic (exact) mass is 533 g/mol. The Hall–Kier alpha value is -3.91. The van der Waals surface area contributed by atoms with Crippen LogP contribution in [0.4, 0.5) is 4.39 Å². The molecule has 1 aliphatic rings. The molecule has 0 aliphatic heterocycles. The van der Waals surface area contributed by atoms with Crippen molar-refractivity contribution in [2.24, 2.45) is 5.92 Å². The molecule has 8 heteroatoms. The van der Waals surface area contributed by atoms with Crippen LogP contribution in [-0.2, 0) is 5.60 Å². The molecule has 1 N–H and O–H groups in total. The van der Waals surface area contributed by atoms with Gasteiger partial charge in [-0.15, -0.1) is 0 Å². The van der Waals surface area contributed by atoms with Gasteiger partial charge in [0.15, 0.2) is 28.7 Å². The quantitative estimate of drug-likeness (QED) is 0.203. The first-order valence-corrected chi connectivity index (χ1v) is 13.2. The van der Waals surface area contributed by atoms with Crippen molar-refractivity contribution in [3.05, 3.63) is 71.9 Å². The Balaban J connectivity index is 1.43. The normalized spacial score (nSPS) is 14.7. The van der Waals surface area contributed by atoms with E-state index in [9.17, 15) is 14.3 Å². The maximum Gasteiger partial charge on any atom is 0.170 e. The number of hydrogen-bond acceptors (Lipinski definition) is 7. The summed E-state index contributed by atoms with van der Waals surface area (Å²) in [5.74, 6) is 0.959. The molecule has 5 rings (SSSR count). The number of furan rings is 1. The van der Waals surface area contributed by atoms with Gasteiger partial charge in [-0.2, -0.15) is 0 Å². The molecule has 1 aliphatic carbocycles. The van der Waals surface area contributed by atoms with Crippen molar-refractivity contribution in [3.8, 4) is 28.5 Å². The van der Waals surface area contributed by atoms with Crippen molar-refractivity contribution in [2.75, 3.05) is 20.8 Å². The number of aliphatic hydroxyl groups is 1. The van der Waals surface area contributed by atoms with Crippen LogP contribution in [0, 0.1) is 11.7 Å². The van der Waals surface area contributed by atoms with Gasteiger partial charge in [-0.3, -0.25) is 4.79 Å². The molecule has 0 spiro atoms. The average Bonchev–Trinajstić information content (AvgIpc) is 3.74. The highest BCUT2D eigenvalue weighted by molar-refractivity contribution is 5.97. The third kappa shape index (κ3) is 5.21. The lowest BCUT2D eigenvalue weighted by Gasteiger charge is -2.28. The molecular weight excluding hydrogens is 501 g/mol. The zero-order chi connectivity index (χ0) is 27.6. The second-order valence-corrected chi connectivity index (χ2v) is 9.85. The number of pyridine rings is 1. The van der Waals surface area contributed by atoms with Crippen LogP contribution < -0.4 is 14.2 Å². The smallest absolute Gasteiger partial charge is 0.170 e. The maximum atomic E-state index is 14.3. The second kappa shape index (κ2) is 11.1. The highest BCUT2D eigenvalue weighted by atomic mass is 19.1. The Morgan fingerprint density at radius 3 is 2.59 bits per heavy atom. The molecule has 7 nitrogen and oxygen atoms in total. The summed E-state index contributed by atoms with van der Waals surface area (Å²) in [4.78, 5) is 18.0. The third-order valence-electron chi connectivity index (χ3n) is 7.26. The molecule has 39 heavy (non-hydrogen) atoms. The molecule has 4 aromatic rings. The van der Waals surface area contributed by atoms with Gasteiger partial charge in [0.2, 0.25) is 0 Å². The summed E-state index contributed by atoms with van der Waals surface area (Å²) < 4.78 is 36.5. The molecular formula is C31H32FNO6. The van der Waals surface area contributed by atoms with Gasteiger partial charge in [-0.1, -0.05) is 19.1 Å². The third-order valence-corrected chi connectivity index (χ3v) is 7.26. The zero-order valence-corrected chi connectivity index (χ0v) is 22.3. The van der Waals surface area contributed by atoms with E-state index in [0.29, 0.717) is 51.8 Å². The Kier molecular flexibility index (Phi) is 7.57. The molecule has 1 atom stereocenters. The number of halogens is 1. The molecule has 1 fully saturated rings. The Morgan fingerprint density at radius 1 is 1.10 bits per heavy atom. The van der Waals surface area contributed by atoms with Crippen LogP contribution in [0.1, 0.15) is 55.1 Å². The molecule has 2 heterocycles. The lowest BCUT2D eigenvalue weighted by Crippen LogP contribution is -2.30. The zero-order valence-electron chi connectivity index (χ0n) is 22.3. The van der Waals surface area contributed by atoms with E-state index in [4.69, 9.17) is 23.6 Å². The van der Waals surface area contributed by atoms with E-state index in [2.05, 4.69) is 0 Å². The first kappa shape index (κ1) is 26.7. The highest BCUT2D eigenvalue weighted by Gasteiger charge is 2.46. The highest BCUT2D eigenvalue weighted by Crippen LogP contribution is 2.49. The maximum absolute atomic E-state index is 14.3. The fourth-order valence-corrected chi connectivity index (χ4v) is 4.97. The number of nitrogens with zero attached hydrogens (tertiary/aromatic N) is 1. The van der Waals surface area contributed by atoms with E-state index in [1.165, 1.54) is 19.4 Å². The number of fused-ring (bicyclic) bond motifs is 1. The summed E-state index contributed by atoms with van der Waals surface area (Å²) in [6, 6.07) is 13.3. The first-order chi connectivity index (χ1) is 18.9. The van der Waals surface area contributed by atoms with Crippen LogP contribution in [0.3, 0.4) is 0 Å². The Morgan fingerprint density at radius 2 is 1.87 bits per heavy atom. The van der Waals surface area contributed by atoms with Crippen LogP contribution in [0.25, 0.3) is 22.2 Å². The summed E-state index contributed by atoms with van der Waals surface area (Å²) in [5, 5.41) is 12.5. The summed E-state index contributed by atoms with van der Waals surface area (Å²) >= 11 is 0. The summed E-state index contributed by atoms with van der Waals surface area (Å²) in [7, 11) is 3.07. The number of carbonyl (C=O) groups is 1. The first-order valence-electron chi connectivity index (χ1n) is 13.2. The van der Waals surface area contributed by atoms with Gasteiger partial charge in [0.25, 0.3) is 0 Å². The number of hydrogen-bond donors (Lipinski definition) is 1. The van der Waals surface area contributed by atoms with Crippen LogP contribution in [-0.4, -0.2) is 36.7 Å². The van der Waals surface area contributed by atoms with E-state index >= 15 is 0 Å². The summed E-state index contributed by atoms with van der Waals surface area (Å²) in [6.45, 7) is 2.57. The Labute approximate surface area is 226 Å². The van der Waals surface area contributed by atoms with Crippen molar-refractivity contribution in [2.45, 2.75) is 44.6 Å². The topological polar surface area (TPSA) is 91.0 Å². The SMILES string of the molecule is CCCOc1ccc(C(=O)CCC(O)(c2ccc(OC)c(-c3coc4c(F)cccc34)n2)C2CC2)cc1OC. The number of methoxy groups -OCH3 is 2. The second-order valence-electron chi connectivity index (χ2n) is 9.85. The molecule has 2 aromatic heterocycles. The number of benzene rings is 2. The summed E-state index contributed by atoms with van der Waals surface area (Å²) in [5.41, 5.74) is 0.762. The van der Waals surface area contributed by atoms with Gasteiger partial charge in [0.05, 0.1) is 32.1 Å². The van der Waals surface area contributed by atoms with Crippen molar-refractivity contribution >= 4 is 16.8 Å². The molecule has 0 bridgehead atoms. The predicted molar refractivity (Wildman–Crippen MR) is 145 cm³/mol. The fraction of sp³-hybridized carbons (Fsp3) is 0.355. The van der Waals surface area contributed by atoms with Gasteiger partial charge >= 0.3 is 0 Å². The van der Waals surface area contributed by atoms with E-state index in [0.717, 1.165) is 19.3 Å². The van der Waals surface area contributed by atoms with Crippen LogP contribution in [0.5, 0.6) is 17.2 Å². The number of carbonyl (C=O) groups excluding carboxylic acids is 1. The van der Waals surface area contributed by atoms with Gasteiger partial charge in [0, 0.05) is 17.4 Å². The molecule has 0 saturated heterocycles. The number of aromatic nitrogens is 1. The number of para-hydroxylation sites is 1. The number of ketones is 1. The number of ether oxygens (including phenoxy) is 3. The molecule has 204 valence electrons. The Bertz CT molecular complexity index is 1490. The van der Waals surface area contributed by atoms with E-state index in [1.54, 1.807) is 49.6 Å². The van der Waals surface area contributed by atoms with Gasteiger partial charge < -0.3 is 23.7 Å². The minimum Gasteiger partial charge on any atom is -0.494 e. The van der Waals surface area contributed by atoms with Crippen LogP contribution in [0.2, 0.25) is 0 Å². The number of rotatable bonds is 12. The van der Waals surface area contributed by atoms with Crippen molar-refractivity contribution in [1.82, 2.24) is 4.98 Å². The predicted octanol–water partition coefficient (Wildman–Crippen LogP) is 6.70. The van der Waals surface area contributed by atoms with Crippen LogP contribution >= 0.6 is 0 Å². The van der Waals surface area contributed by atoms with Gasteiger partial charge in [-0.25, -0.2) is 9.37 Å². The van der Waals surface area contributed by atoms with Gasteiger partial charge in [-0.05, 0) is 68.0 Å². The summed E-state index contributed by atoms with van der Waals surface area (Å²) in [6.07, 6.45) is 4.30. The lowest BCUT2D eigenvalue weighted by molar-refractivity contribution is -0.00110. The minimum absolute atomic E-state index is 0.0167. The standard InChI is InChI=1S/C31H32FNO6/c1-4-16-38-25-11-8-19(17-27(25)37-3)24(34)14-15-31(35,20-9-10-20)28-13-12-26(36-2)29(33-28)22-18-39-30-21(22)6-5-7-23(30)32/h5-8,11-13,17-18,20,35H,4,9-10,14-16H2,1-3H3. The van der Waals surface area contributed by atoms with Crippen molar-refractivity contribution in [1.29, 1.82) is 0 Å². The number of Topliss-reactive ketones (excluding diaryl/α,β-unsaturated/α-hetero) is 1. The molecule has 0 amide bonds. The average molecular weight is 534 g/mol. The molecule has 2 aromatic carbocycles. The van der Waals surface area contributed by atoms with Crippen molar-refractivity contribution in [3.63, 3.8) is 0 Å². The fourth-order valence-electron chi connectivity index (χ4n) is 4.97. The molecule has 0 radical (unpaired) electrons.